The molecule has 0 saturated carbocycles. The average molecular weight is 491 g/mol. The minimum atomic E-state index is -0.768. The number of hydrogen-bond donors (Lipinski definition) is 1. The van der Waals surface area contributed by atoms with Crippen LogP contribution in [0.25, 0.3) is 33.5 Å². The van der Waals surface area contributed by atoms with Crippen LogP contribution in [-0.4, -0.2) is 33.0 Å². The number of benzene rings is 3. The zero-order valence-corrected chi connectivity index (χ0v) is 18.8. The molecule has 10 nitrogen and oxygen atoms in total. The number of methoxy groups -OCH3 is 1. The lowest BCUT2D eigenvalue weighted by Crippen LogP contribution is -2.20. The Hall–Kier alpha value is -4.70. The van der Waals surface area contributed by atoms with E-state index in [2.05, 4.69) is 10.1 Å². The maximum absolute atomic E-state index is 13.4. The fraction of sp³-hybridized carbons (Fsp3) is 0.0417. The SMILES string of the molecule is COc1cccc2oc(-c3nc4ccccc4c(=O)n3N=Cc3cc(Cl)cc([N+](=O)[O-])c3O)cc12. The highest BCUT2D eigenvalue weighted by atomic mass is 35.5. The maximum Gasteiger partial charge on any atom is 0.312 e. The molecule has 2 aromatic heterocycles. The number of fused-ring (bicyclic) bond motifs is 2. The third kappa shape index (κ3) is 3.85. The molecule has 2 heterocycles. The van der Waals surface area contributed by atoms with Crippen molar-refractivity contribution in [3.05, 3.63) is 91.7 Å². The topological polar surface area (TPSA) is 133 Å². The highest BCUT2D eigenvalue weighted by molar-refractivity contribution is 6.31. The number of nitro benzene ring substituents is 1. The molecule has 0 atom stereocenters. The lowest BCUT2D eigenvalue weighted by atomic mass is 10.2. The van der Waals surface area contributed by atoms with E-state index in [4.69, 9.17) is 20.8 Å². The molecule has 0 saturated heterocycles. The zero-order chi connectivity index (χ0) is 24.7. The number of ether oxygens (including phenoxy) is 1. The van der Waals surface area contributed by atoms with Crippen molar-refractivity contribution in [2.45, 2.75) is 0 Å². The van der Waals surface area contributed by atoms with E-state index < -0.39 is 21.9 Å². The van der Waals surface area contributed by atoms with Crippen molar-refractivity contribution in [2.24, 2.45) is 5.10 Å². The van der Waals surface area contributed by atoms with Gasteiger partial charge in [0.2, 0.25) is 11.6 Å². The molecule has 35 heavy (non-hydrogen) atoms. The molecule has 0 aliphatic carbocycles. The van der Waals surface area contributed by atoms with Gasteiger partial charge in [0.25, 0.3) is 5.56 Å². The minimum absolute atomic E-state index is 0.0181. The van der Waals surface area contributed by atoms with Crippen molar-refractivity contribution in [1.82, 2.24) is 9.66 Å². The van der Waals surface area contributed by atoms with E-state index in [1.807, 2.05) is 0 Å². The summed E-state index contributed by atoms with van der Waals surface area (Å²) in [6, 6.07) is 16.0. The van der Waals surface area contributed by atoms with Gasteiger partial charge >= 0.3 is 5.69 Å². The number of nitro groups is 1. The van der Waals surface area contributed by atoms with Crippen LogP contribution in [-0.2, 0) is 0 Å². The van der Waals surface area contributed by atoms with E-state index >= 15 is 0 Å². The Morgan fingerprint density at radius 2 is 1.97 bits per heavy atom. The van der Waals surface area contributed by atoms with Gasteiger partial charge in [0.1, 0.15) is 11.3 Å². The summed E-state index contributed by atoms with van der Waals surface area (Å²) in [6.45, 7) is 0. The Labute approximate surface area is 201 Å². The number of aromatic nitrogens is 2. The van der Waals surface area contributed by atoms with Crippen molar-refractivity contribution in [3.63, 3.8) is 0 Å². The Morgan fingerprint density at radius 1 is 1.17 bits per heavy atom. The van der Waals surface area contributed by atoms with Crippen molar-refractivity contribution in [2.75, 3.05) is 7.11 Å². The quantitative estimate of drug-likeness (QED) is 0.209. The van der Waals surface area contributed by atoms with Crippen LogP contribution < -0.4 is 10.3 Å². The first-order valence-electron chi connectivity index (χ1n) is 10.2. The number of aromatic hydroxyl groups is 1. The van der Waals surface area contributed by atoms with Crippen LogP contribution in [0.2, 0.25) is 5.02 Å². The summed E-state index contributed by atoms with van der Waals surface area (Å²) < 4.78 is 12.3. The van der Waals surface area contributed by atoms with Crippen LogP contribution in [0.15, 0.2) is 75.0 Å². The second kappa shape index (κ2) is 8.58. The molecular weight excluding hydrogens is 476 g/mol. The standard InChI is InChI=1S/C24H15ClN4O6/c1-34-19-7-4-8-20-16(19)11-21(35-20)23-27-17-6-3-2-5-15(17)24(31)28(23)26-12-13-9-14(25)10-18(22(13)30)29(32)33/h2-12,30H,1H3. The van der Waals surface area contributed by atoms with Crippen molar-refractivity contribution < 1.29 is 19.2 Å². The van der Waals surface area contributed by atoms with Gasteiger partial charge in [-0.25, -0.2) is 4.98 Å². The lowest BCUT2D eigenvalue weighted by Gasteiger charge is -2.07. The van der Waals surface area contributed by atoms with Gasteiger partial charge in [0.15, 0.2) is 5.76 Å². The fourth-order valence-corrected chi connectivity index (χ4v) is 3.90. The summed E-state index contributed by atoms with van der Waals surface area (Å²) in [6.07, 6.45) is 1.10. The number of phenols is 1. The summed E-state index contributed by atoms with van der Waals surface area (Å²) in [5, 5.41) is 26.7. The van der Waals surface area contributed by atoms with Crippen LogP contribution in [0.5, 0.6) is 11.5 Å². The van der Waals surface area contributed by atoms with Crippen LogP contribution in [0, 0.1) is 10.1 Å². The molecule has 5 rings (SSSR count). The van der Waals surface area contributed by atoms with Gasteiger partial charge in [-0.2, -0.15) is 9.78 Å². The molecule has 0 unspecified atom stereocenters. The molecule has 11 heteroatoms. The van der Waals surface area contributed by atoms with Crippen LogP contribution in [0.4, 0.5) is 5.69 Å². The molecule has 3 aromatic carbocycles. The highest BCUT2D eigenvalue weighted by Crippen LogP contribution is 2.34. The van der Waals surface area contributed by atoms with Gasteiger partial charge in [-0.05, 0) is 36.4 Å². The second-order valence-electron chi connectivity index (χ2n) is 7.42. The summed E-state index contributed by atoms with van der Waals surface area (Å²) in [5.74, 6) is 0.261. The van der Waals surface area contributed by atoms with E-state index in [1.165, 1.54) is 13.2 Å². The van der Waals surface area contributed by atoms with Gasteiger partial charge in [0, 0.05) is 16.7 Å². The number of phenolic OH excluding ortho intramolecular Hbond substituents is 1. The fourth-order valence-electron chi connectivity index (χ4n) is 3.68. The van der Waals surface area contributed by atoms with E-state index in [1.54, 1.807) is 48.5 Å². The van der Waals surface area contributed by atoms with E-state index in [-0.39, 0.29) is 22.2 Å². The third-order valence-corrected chi connectivity index (χ3v) is 5.53. The smallest absolute Gasteiger partial charge is 0.312 e. The number of halogens is 1. The average Bonchev–Trinajstić information content (AvgIpc) is 3.29. The summed E-state index contributed by atoms with van der Waals surface area (Å²) in [7, 11) is 1.53. The zero-order valence-electron chi connectivity index (χ0n) is 18.0. The van der Waals surface area contributed by atoms with E-state index in [0.717, 1.165) is 17.0 Å². The molecule has 174 valence electrons. The Balaban J connectivity index is 1.75. The highest BCUT2D eigenvalue weighted by Gasteiger charge is 2.20. The Bertz CT molecular complexity index is 1720. The lowest BCUT2D eigenvalue weighted by molar-refractivity contribution is -0.385. The van der Waals surface area contributed by atoms with Gasteiger partial charge in [-0.15, -0.1) is 0 Å². The predicted molar refractivity (Wildman–Crippen MR) is 131 cm³/mol. The van der Waals surface area contributed by atoms with Crippen molar-refractivity contribution >= 4 is 45.4 Å². The van der Waals surface area contributed by atoms with E-state index in [0.29, 0.717) is 27.6 Å². The van der Waals surface area contributed by atoms with E-state index in [9.17, 15) is 20.0 Å². The molecule has 0 bridgehead atoms. The number of furan rings is 1. The normalized spacial score (nSPS) is 11.5. The van der Waals surface area contributed by atoms with Gasteiger partial charge < -0.3 is 14.3 Å². The van der Waals surface area contributed by atoms with Gasteiger partial charge in [-0.1, -0.05) is 29.8 Å². The molecule has 0 amide bonds. The van der Waals surface area contributed by atoms with Crippen LogP contribution >= 0.6 is 11.6 Å². The second-order valence-corrected chi connectivity index (χ2v) is 7.85. The van der Waals surface area contributed by atoms with Crippen molar-refractivity contribution in [3.8, 4) is 23.1 Å². The largest absolute Gasteiger partial charge is 0.502 e. The number of nitrogens with zero attached hydrogens (tertiary/aromatic N) is 4. The molecule has 5 aromatic rings. The van der Waals surface area contributed by atoms with Gasteiger partial charge in [0.05, 0.1) is 34.5 Å². The first-order chi connectivity index (χ1) is 16.9. The van der Waals surface area contributed by atoms with Gasteiger partial charge in [-0.3, -0.25) is 14.9 Å². The number of rotatable bonds is 5. The molecule has 1 N–H and O–H groups in total. The molecule has 0 radical (unpaired) electrons. The summed E-state index contributed by atoms with van der Waals surface area (Å²) >= 11 is 5.97. The summed E-state index contributed by atoms with van der Waals surface area (Å²) in [4.78, 5) is 28.4. The van der Waals surface area contributed by atoms with Crippen LogP contribution in [0.3, 0.4) is 0 Å². The maximum atomic E-state index is 13.4. The first kappa shape index (κ1) is 22.1. The Kier molecular flexibility index (Phi) is 5.42. The molecule has 0 aliphatic rings. The number of hydrogen-bond acceptors (Lipinski definition) is 8. The summed E-state index contributed by atoms with van der Waals surface area (Å²) in [5.41, 5.74) is -0.215. The molecule has 0 fully saturated rings. The Morgan fingerprint density at radius 3 is 2.74 bits per heavy atom. The number of para-hydroxylation sites is 1. The van der Waals surface area contributed by atoms with Crippen LogP contribution in [0.1, 0.15) is 5.56 Å². The molecular formula is C24H15ClN4O6. The predicted octanol–water partition coefficient (Wildman–Crippen LogP) is 4.97. The molecule has 0 spiro atoms. The molecule has 0 aliphatic heterocycles. The van der Waals surface area contributed by atoms with Crippen molar-refractivity contribution in [1.29, 1.82) is 0 Å². The third-order valence-electron chi connectivity index (χ3n) is 5.31. The minimum Gasteiger partial charge on any atom is -0.502 e. The first-order valence-corrected chi connectivity index (χ1v) is 10.5. The monoisotopic (exact) mass is 490 g/mol.